The van der Waals surface area contributed by atoms with E-state index in [2.05, 4.69) is 15.5 Å². The molecule has 0 saturated heterocycles. The van der Waals surface area contributed by atoms with E-state index < -0.39 is 0 Å². The van der Waals surface area contributed by atoms with Gasteiger partial charge in [-0.05, 0) is 0 Å². The molecule has 0 spiro atoms. The van der Waals surface area contributed by atoms with Crippen molar-refractivity contribution in [2.45, 2.75) is 5.32 Å². The second-order valence-corrected chi connectivity index (χ2v) is 8.75. The van der Waals surface area contributed by atoms with E-state index >= 15 is 0 Å². The molecule has 0 aliphatic carbocycles. The third-order valence-electron chi connectivity index (χ3n) is 4.42. The average molecular weight is 460 g/mol. The number of aromatic hydroxyl groups is 1. The fourth-order valence-electron chi connectivity index (χ4n) is 2.91. The zero-order valence-corrected chi connectivity index (χ0v) is 17.7. The van der Waals surface area contributed by atoms with Gasteiger partial charge in [0.15, 0.2) is 0 Å². The summed E-state index contributed by atoms with van der Waals surface area (Å²) in [4.78, 5) is 12.1. The van der Waals surface area contributed by atoms with Gasteiger partial charge in [-0.15, -0.1) is 0 Å². The molecular weight excluding hydrogens is 441 g/mol. The monoisotopic (exact) mass is 461 g/mol. The Balaban J connectivity index is 1.37. The molecule has 0 bridgehead atoms. The molecule has 30 heavy (non-hydrogen) atoms. The van der Waals surface area contributed by atoms with Crippen LogP contribution in [0.3, 0.4) is 0 Å². The summed E-state index contributed by atoms with van der Waals surface area (Å²) in [6.07, 6.45) is 0. The van der Waals surface area contributed by atoms with E-state index in [-0.39, 0.29) is 26.6 Å². The number of para-hydroxylation sites is 1. The standard InChI is InChI=1S/C24H19N3O2Se/c28-23(25-18-7-2-1-3-8-18)16-30-20-13-11-19(12-14-20)26-27-22-15-10-17-6-4-5-9-21(17)24(22)29/h1-15,29H,16H2,(H,25,28). The van der Waals surface area contributed by atoms with Crippen LogP contribution in [-0.4, -0.2) is 26.0 Å². The molecular formula is C24H19N3O2Se. The summed E-state index contributed by atoms with van der Waals surface area (Å²) in [5, 5.41) is 23.9. The van der Waals surface area contributed by atoms with Crippen LogP contribution in [-0.2, 0) is 4.79 Å². The second kappa shape index (κ2) is 9.35. The van der Waals surface area contributed by atoms with E-state index in [1.807, 2.05) is 84.9 Å². The number of phenols is 1. The number of nitrogens with one attached hydrogen (secondary N) is 1. The van der Waals surface area contributed by atoms with E-state index in [1.54, 1.807) is 6.07 Å². The van der Waals surface area contributed by atoms with E-state index in [1.165, 1.54) is 0 Å². The molecule has 6 heteroatoms. The predicted octanol–water partition coefficient (Wildman–Crippen LogP) is 5.35. The summed E-state index contributed by atoms with van der Waals surface area (Å²) < 4.78 is 1.11. The van der Waals surface area contributed by atoms with Crippen molar-refractivity contribution in [2.75, 3.05) is 5.32 Å². The molecule has 0 heterocycles. The van der Waals surface area contributed by atoms with Crippen molar-refractivity contribution in [2.24, 2.45) is 10.2 Å². The quantitative estimate of drug-likeness (QED) is 0.301. The number of azo groups is 1. The number of rotatable bonds is 6. The number of hydrogen-bond acceptors (Lipinski definition) is 4. The van der Waals surface area contributed by atoms with Crippen LogP contribution in [0.25, 0.3) is 10.8 Å². The number of amides is 1. The molecule has 148 valence electrons. The molecule has 4 rings (SSSR count). The van der Waals surface area contributed by atoms with Crippen LogP contribution in [0, 0.1) is 0 Å². The number of benzene rings is 4. The summed E-state index contributed by atoms with van der Waals surface area (Å²) in [5.41, 5.74) is 1.93. The first kappa shape index (κ1) is 19.8. The van der Waals surface area contributed by atoms with Gasteiger partial charge < -0.3 is 0 Å². The minimum atomic E-state index is 0.0109. The molecule has 0 aliphatic rings. The molecule has 5 nitrogen and oxygen atoms in total. The summed E-state index contributed by atoms with van der Waals surface area (Å²) >= 11 is 0.0329. The van der Waals surface area contributed by atoms with Crippen molar-refractivity contribution in [3.63, 3.8) is 0 Å². The molecule has 0 aliphatic heterocycles. The summed E-state index contributed by atoms with van der Waals surface area (Å²) in [6.45, 7) is 0. The Morgan fingerprint density at radius 3 is 2.37 bits per heavy atom. The Morgan fingerprint density at radius 2 is 1.57 bits per heavy atom. The first-order valence-electron chi connectivity index (χ1n) is 9.39. The number of carbonyl (C=O) groups is 1. The second-order valence-electron chi connectivity index (χ2n) is 6.55. The summed E-state index contributed by atoms with van der Waals surface area (Å²) in [5.74, 6) is 0.137. The van der Waals surface area contributed by atoms with Gasteiger partial charge in [-0.2, -0.15) is 0 Å². The maximum absolute atomic E-state index is 12.1. The van der Waals surface area contributed by atoms with E-state index in [0.717, 1.165) is 20.9 Å². The van der Waals surface area contributed by atoms with Gasteiger partial charge in [-0.1, -0.05) is 0 Å². The zero-order valence-electron chi connectivity index (χ0n) is 16.0. The number of hydrogen-bond donors (Lipinski definition) is 2. The van der Waals surface area contributed by atoms with Gasteiger partial charge in [0.2, 0.25) is 0 Å². The maximum atomic E-state index is 12.1. The minimum absolute atomic E-state index is 0.0109. The van der Waals surface area contributed by atoms with Crippen molar-refractivity contribution in [1.29, 1.82) is 0 Å². The molecule has 0 radical (unpaired) electrons. The first-order valence-corrected chi connectivity index (χ1v) is 11.5. The fourth-order valence-corrected chi connectivity index (χ4v) is 4.38. The Kier molecular flexibility index (Phi) is 6.18. The molecule has 0 saturated carbocycles. The van der Waals surface area contributed by atoms with Gasteiger partial charge >= 0.3 is 181 Å². The van der Waals surface area contributed by atoms with Crippen LogP contribution in [0.5, 0.6) is 5.75 Å². The van der Waals surface area contributed by atoms with Crippen molar-refractivity contribution >= 4 is 53.2 Å². The van der Waals surface area contributed by atoms with E-state index in [4.69, 9.17) is 0 Å². The summed E-state index contributed by atoms with van der Waals surface area (Å²) in [6, 6.07) is 28.4. The summed E-state index contributed by atoms with van der Waals surface area (Å²) in [7, 11) is 0. The van der Waals surface area contributed by atoms with Gasteiger partial charge in [0, 0.05) is 0 Å². The van der Waals surface area contributed by atoms with E-state index in [0.29, 0.717) is 16.7 Å². The molecule has 0 aromatic heterocycles. The molecule has 4 aromatic rings. The van der Waals surface area contributed by atoms with Crippen molar-refractivity contribution < 1.29 is 9.90 Å². The Labute approximate surface area is 180 Å². The van der Waals surface area contributed by atoms with Gasteiger partial charge in [-0.25, -0.2) is 0 Å². The van der Waals surface area contributed by atoms with Crippen LogP contribution in [0.2, 0.25) is 5.32 Å². The number of carbonyl (C=O) groups excluding carboxylic acids is 1. The third kappa shape index (κ3) is 4.92. The first-order chi connectivity index (χ1) is 14.7. The molecule has 0 atom stereocenters. The van der Waals surface area contributed by atoms with Crippen molar-refractivity contribution in [3.05, 3.63) is 91.0 Å². The molecule has 0 unspecified atom stereocenters. The van der Waals surface area contributed by atoms with E-state index in [9.17, 15) is 9.90 Å². The Bertz CT molecular complexity index is 1190. The predicted molar refractivity (Wildman–Crippen MR) is 121 cm³/mol. The number of anilines is 1. The average Bonchev–Trinajstić information content (AvgIpc) is 2.79. The van der Waals surface area contributed by atoms with Crippen LogP contribution in [0.4, 0.5) is 17.1 Å². The van der Waals surface area contributed by atoms with Gasteiger partial charge in [0.05, 0.1) is 0 Å². The normalized spacial score (nSPS) is 11.1. The molecule has 4 aromatic carbocycles. The number of fused-ring (bicyclic) bond motifs is 1. The molecule has 1 amide bonds. The van der Waals surface area contributed by atoms with Crippen LogP contribution >= 0.6 is 0 Å². The number of phenolic OH excluding ortho intramolecular Hbond substituents is 1. The van der Waals surface area contributed by atoms with Crippen molar-refractivity contribution in [1.82, 2.24) is 0 Å². The fraction of sp³-hybridized carbons (Fsp3) is 0.0417. The van der Waals surface area contributed by atoms with Crippen LogP contribution in [0.1, 0.15) is 0 Å². The van der Waals surface area contributed by atoms with Gasteiger partial charge in [0.25, 0.3) is 0 Å². The van der Waals surface area contributed by atoms with Crippen LogP contribution in [0.15, 0.2) is 101 Å². The van der Waals surface area contributed by atoms with Gasteiger partial charge in [0.1, 0.15) is 0 Å². The third-order valence-corrected chi connectivity index (χ3v) is 6.54. The SMILES string of the molecule is O=C(C[Se]c1ccc(N=Nc2ccc3ccccc3c2O)cc1)Nc1ccccc1. The van der Waals surface area contributed by atoms with Gasteiger partial charge in [-0.3, -0.25) is 0 Å². The number of nitrogens with zero attached hydrogens (tertiary/aromatic N) is 2. The molecule has 0 fully saturated rings. The topological polar surface area (TPSA) is 74.0 Å². The van der Waals surface area contributed by atoms with Crippen molar-refractivity contribution in [3.8, 4) is 5.75 Å². The Hall–Kier alpha value is -3.47. The Morgan fingerprint density at radius 1 is 0.833 bits per heavy atom. The zero-order chi connectivity index (χ0) is 20.8. The molecule has 2 N–H and O–H groups in total. The van der Waals surface area contributed by atoms with Crippen LogP contribution < -0.4 is 9.78 Å².